The average Bonchev–Trinajstić information content (AvgIpc) is 2.02. The van der Waals surface area contributed by atoms with E-state index in [0.29, 0.717) is 6.42 Å². The van der Waals surface area contributed by atoms with Gasteiger partial charge < -0.3 is 5.11 Å². The van der Waals surface area contributed by atoms with Crippen LogP contribution in [0.15, 0.2) is 36.0 Å². The molecule has 0 radical (unpaired) electrons. The maximum Gasteiger partial charge on any atom is 0.0857 e. The summed E-state index contributed by atoms with van der Waals surface area (Å²) in [5.74, 6) is 0. The maximum absolute atomic E-state index is 10.0. The van der Waals surface area contributed by atoms with Crippen molar-refractivity contribution in [2.75, 3.05) is 0 Å². The van der Waals surface area contributed by atoms with Crippen LogP contribution in [0.4, 0.5) is 0 Å². The van der Waals surface area contributed by atoms with Crippen molar-refractivity contribution in [1.82, 2.24) is 4.98 Å². The summed E-state index contributed by atoms with van der Waals surface area (Å²) in [5.41, 5.74) is 1.23. The largest absolute Gasteiger partial charge is 0.386 e. The molecule has 2 heteroatoms. The highest BCUT2D eigenvalue weighted by atomic mass is 16.3. The molecule has 2 nitrogen and oxygen atoms in total. The highest BCUT2D eigenvalue weighted by Crippen LogP contribution is 2.14. The molecule has 0 aliphatic rings. The Morgan fingerprint density at radius 3 is 2.71 bits per heavy atom. The van der Waals surface area contributed by atoms with E-state index < -0.39 is 5.60 Å². The molecule has 0 saturated carbocycles. The highest BCUT2D eigenvalue weighted by molar-refractivity contribution is 5.13. The lowest BCUT2D eigenvalue weighted by molar-refractivity contribution is 0.110. The van der Waals surface area contributed by atoms with Crippen LogP contribution in [0.5, 0.6) is 0 Å². The molecule has 1 heterocycles. The maximum atomic E-state index is 10.0. The van der Waals surface area contributed by atoms with E-state index in [1.807, 2.05) is 38.1 Å². The molecule has 1 N–H and O–H groups in total. The predicted molar refractivity (Wildman–Crippen MR) is 58.0 cm³/mol. The summed E-state index contributed by atoms with van der Waals surface area (Å²) >= 11 is 0. The van der Waals surface area contributed by atoms with Crippen LogP contribution in [-0.4, -0.2) is 15.7 Å². The van der Waals surface area contributed by atoms with E-state index in [-0.39, 0.29) is 0 Å². The van der Waals surface area contributed by atoms with E-state index in [0.717, 1.165) is 11.3 Å². The van der Waals surface area contributed by atoms with Gasteiger partial charge in [0.1, 0.15) is 0 Å². The number of hydrogen-bond donors (Lipinski definition) is 1. The van der Waals surface area contributed by atoms with Gasteiger partial charge in [-0.05, 0) is 32.9 Å². The van der Waals surface area contributed by atoms with Crippen molar-refractivity contribution in [1.29, 1.82) is 0 Å². The number of nitrogens with zero attached hydrogens (tertiary/aromatic N) is 1. The third-order valence-electron chi connectivity index (χ3n) is 1.86. The van der Waals surface area contributed by atoms with Gasteiger partial charge in [0.15, 0.2) is 0 Å². The zero-order valence-corrected chi connectivity index (χ0v) is 8.99. The molecule has 0 aliphatic heterocycles. The molecule has 0 fully saturated rings. The average molecular weight is 191 g/mol. The normalized spacial score (nSPS) is 14.6. The molecular weight excluding hydrogens is 174 g/mol. The van der Waals surface area contributed by atoms with Crippen molar-refractivity contribution in [3.05, 3.63) is 41.7 Å². The Bertz CT molecular complexity index is 310. The first-order chi connectivity index (χ1) is 6.49. The van der Waals surface area contributed by atoms with Crippen LogP contribution < -0.4 is 0 Å². The number of hydrogen-bond acceptors (Lipinski definition) is 2. The Morgan fingerprint density at radius 1 is 1.50 bits per heavy atom. The van der Waals surface area contributed by atoms with Crippen LogP contribution in [-0.2, 0) is 6.42 Å². The SMILES string of the molecule is CC(C)=CC(C)(O)Cc1ccccn1. The zero-order valence-electron chi connectivity index (χ0n) is 8.99. The molecule has 1 unspecified atom stereocenters. The van der Waals surface area contributed by atoms with E-state index >= 15 is 0 Å². The van der Waals surface area contributed by atoms with Crippen LogP contribution in [0, 0.1) is 0 Å². The topological polar surface area (TPSA) is 33.1 Å². The summed E-state index contributed by atoms with van der Waals surface area (Å²) in [4.78, 5) is 4.18. The first-order valence-corrected chi connectivity index (χ1v) is 4.78. The molecule has 76 valence electrons. The second kappa shape index (κ2) is 4.38. The van der Waals surface area contributed by atoms with Gasteiger partial charge in [0.05, 0.1) is 5.60 Å². The van der Waals surface area contributed by atoms with Gasteiger partial charge in [-0.3, -0.25) is 4.98 Å². The smallest absolute Gasteiger partial charge is 0.0857 e. The lowest BCUT2D eigenvalue weighted by atomic mass is 9.97. The molecule has 1 rings (SSSR count). The second-order valence-electron chi connectivity index (χ2n) is 4.08. The predicted octanol–water partition coefficient (Wildman–Crippen LogP) is 2.34. The van der Waals surface area contributed by atoms with Gasteiger partial charge in [-0.2, -0.15) is 0 Å². The third kappa shape index (κ3) is 3.71. The minimum absolute atomic E-state index is 0.555. The van der Waals surface area contributed by atoms with E-state index in [4.69, 9.17) is 0 Å². The second-order valence-corrected chi connectivity index (χ2v) is 4.08. The molecule has 0 aliphatic carbocycles. The summed E-state index contributed by atoms with van der Waals surface area (Å²) in [6.45, 7) is 5.76. The Hall–Kier alpha value is -1.15. The fourth-order valence-corrected chi connectivity index (χ4v) is 1.54. The van der Waals surface area contributed by atoms with Gasteiger partial charge in [0, 0.05) is 18.3 Å². The minimum Gasteiger partial charge on any atom is -0.386 e. The number of aliphatic hydroxyl groups is 1. The summed E-state index contributed by atoms with van der Waals surface area (Å²) in [6.07, 6.45) is 4.16. The minimum atomic E-state index is -0.798. The molecule has 0 saturated heterocycles. The Labute approximate surface area is 85.3 Å². The van der Waals surface area contributed by atoms with Crippen molar-refractivity contribution in [3.63, 3.8) is 0 Å². The summed E-state index contributed by atoms with van der Waals surface area (Å²) in [5, 5.41) is 10.0. The fraction of sp³-hybridized carbons (Fsp3) is 0.417. The number of allylic oxidation sites excluding steroid dienone is 1. The first kappa shape index (κ1) is 10.9. The molecule has 1 aromatic heterocycles. The Balaban J connectivity index is 2.74. The Kier molecular flexibility index (Phi) is 3.42. The fourth-order valence-electron chi connectivity index (χ4n) is 1.54. The lowest BCUT2D eigenvalue weighted by Crippen LogP contribution is -2.25. The monoisotopic (exact) mass is 191 g/mol. The number of pyridine rings is 1. The Morgan fingerprint density at radius 2 is 2.21 bits per heavy atom. The van der Waals surface area contributed by atoms with Crippen LogP contribution in [0.2, 0.25) is 0 Å². The molecular formula is C12H17NO. The molecule has 1 aromatic rings. The van der Waals surface area contributed by atoms with E-state index in [2.05, 4.69) is 4.98 Å². The van der Waals surface area contributed by atoms with E-state index in [9.17, 15) is 5.11 Å². The quantitative estimate of drug-likeness (QED) is 0.744. The van der Waals surface area contributed by atoms with Gasteiger partial charge in [0.25, 0.3) is 0 Å². The van der Waals surface area contributed by atoms with Crippen molar-refractivity contribution >= 4 is 0 Å². The van der Waals surface area contributed by atoms with E-state index in [1.165, 1.54) is 0 Å². The van der Waals surface area contributed by atoms with Crippen molar-refractivity contribution in [3.8, 4) is 0 Å². The van der Waals surface area contributed by atoms with Gasteiger partial charge in [-0.15, -0.1) is 0 Å². The third-order valence-corrected chi connectivity index (χ3v) is 1.86. The molecule has 0 spiro atoms. The summed E-state index contributed by atoms with van der Waals surface area (Å²) in [6, 6.07) is 5.73. The van der Waals surface area contributed by atoms with Crippen molar-refractivity contribution < 1.29 is 5.11 Å². The summed E-state index contributed by atoms with van der Waals surface area (Å²) in [7, 11) is 0. The van der Waals surface area contributed by atoms with Gasteiger partial charge in [0.2, 0.25) is 0 Å². The highest BCUT2D eigenvalue weighted by Gasteiger charge is 2.17. The molecule has 0 amide bonds. The van der Waals surface area contributed by atoms with Crippen LogP contribution in [0.25, 0.3) is 0 Å². The molecule has 14 heavy (non-hydrogen) atoms. The molecule has 0 aromatic carbocycles. The van der Waals surface area contributed by atoms with Crippen molar-refractivity contribution in [2.45, 2.75) is 32.8 Å². The van der Waals surface area contributed by atoms with Gasteiger partial charge >= 0.3 is 0 Å². The van der Waals surface area contributed by atoms with Crippen LogP contribution in [0.1, 0.15) is 26.5 Å². The van der Waals surface area contributed by atoms with Crippen molar-refractivity contribution in [2.24, 2.45) is 0 Å². The molecule has 0 bridgehead atoms. The molecule has 1 atom stereocenters. The lowest BCUT2D eigenvalue weighted by Gasteiger charge is -2.19. The van der Waals surface area contributed by atoms with Gasteiger partial charge in [-0.25, -0.2) is 0 Å². The number of aromatic nitrogens is 1. The number of rotatable bonds is 3. The summed E-state index contributed by atoms with van der Waals surface area (Å²) < 4.78 is 0. The van der Waals surface area contributed by atoms with E-state index in [1.54, 1.807) is 13.1 Å². The van der Waals surface area contributed by atoms with Crippen LogP contribution >= 0.6 is 0 Å². The standard InChI is InChI=1S/C12H17NO/c1-10(2)8-12(3,14)9-11-6-4-5-7-13-11/h4-8,14H,9H2,1-3H3. The first-order valence-electron chi connectivity index (χ1n) is 4.78. The van der Waals surface area contributed by atoms with Gasteiger partial charge in [-0.1, -0.05) is 17.7 Å². The zero-order chi connectivity index (χ0) is 10.6. The van der Waals surface area contributed by atoms with Crippen LogP contribution in [0.3, 0.4) is 0 Å².